The van der Waals surface area contributed by atoms with Gasteiger partial charge in [0.1, 0.15) is 0 Å². The van der Waals surface area contributed by atoms with Crippen LogP contribution in [-0.4, -0.2) is 9.78 Å². The Bertz CT molecular complexity index is 520. The van der Waals surface area contributed by atoms with Crippen LogP contribution in [0.15, 0.2) is 9.59 Å². The fraction of sp³-hybridized carbons (Fsp3) is 0.545. The van der Waals surface area contributed by atoms with Gasteiger partial charge in [-0.1, -0.05) is 0 Å². The Morgan fingerprint density at radius 2 is 1.94 bits per heavy atom. The monoisotopic (exact) mass is 221 g/mol. The normalized spacial score (nSPS) is 10.1. The highest BCUT2D eigenvalue weighted by atomic mass is 16.2. The van der Waals surface area contributed by atoms with E-state index < -0.39 is 0 Å². The largest absolute Gasteiger partial charge is 0.268 e. The number of nitrogens with zero attached hydrogens (tertiary/aromatic N) is 2. The Balaban J connectivity index is 2.87. The zero-order valence-corrected chi connectivity index (χ0v) is 9.54. The van der Waals surface area contributed by atoms with E-state index in [1.165, 1.54) is 4.68 Å². The van der Waals surface area contributed by atoms with Crippen LogP contribution < -0.4 is 11.1 Å². The fourth-order valence-electron chi connectivity index (χ4n) is 1.42. The van der Waals surface area contributed by atoms with Gasteiger partial charge >= 0.3 is 0 Å². The van der Waals surface area contributed by atoms with Gasteiger partial charge in [-0.2, -0.15) is 5.26 Å². The quantitative estimate of drug-likeness (QED) is 0.765. The first-order valence-corrected chi connectivity index (χ1v) is 5.25. The number of unbranched alkanes of at least 4 members (excludes halogenated alkanes) is 2. The SMILES string of the molecule is Cc1c(C)c(=O)n(CCCCC#N)[nH]c1=O. The molecular weight excluding hydrogens is 206 g/mol. The van der Waals surface area contributed by atoms with E-state index in [0.29, 0.717) is 30.5 Å². The summed E-state index contributed by atoms with van der Waals surface area (Å²) in [7, 11) is 0. The smallest absolute Gasteiger partial charge is 0.268 e. The molecule has 0 saturated carbocycles. The second-order valence-corrected chi connectivity index (χ2v) is 3.76. The van der Waals surface area contributed by atoms with Gasteiger partial charge in [0.2, 0.25) is 0 Å². The summed E-state index contributed by atoms with van der Waals surface area (Å²) in [5, 5.41) is 10.9. The molecule has 0 aromatic carbocycles. The first kappa shape index (κ1) is 12.2. The van der Waals surface area contributed by atoms with Crippen molar-refractivity contribution in [1.82, 2.24) is 9.78 Å². The molecule has 0 unspecified atom stereocenters. The van der Waals surface area contributed by atoms with Crippen LogP contribution in [-0.2, 0) is 6.54 Å². The van der Waals surface area contributed by atoms with E-state index in [2.05, 4.69) is 5.10 Å². The minimum Gasteiger partial charge on any atom is -0.268 e. The molecule has 0 aliphatic carbocycles. The van der Waals surface area contributed by atoms with Crippen molar-refractivity contribution in [3.8, 4) is 6.07 Å². The van der Waals surface area contributed by atoms with Crippen molar-refractivity contribution in [3.05, 3.63) is 31.8 Å². The highest BCUT2D eigenvalue weighted by molar-refractivity contribution is 5.17. The van der Waals surface area contributed by atoms with E-state index in [9.17, 15) is 9.59 Å². The minimum absolute atomic E-state index is 0.158. The average molecular weight is 221 g/mol. The summed E-state index contributed by atoms with van der Waals surface area (Å²) in [5.41, 5.74) is 0.578. The van der Waals surface area contributed by atoms with Crippen LogP contribution in [0.1, 0.15) is 30.4 Å². The van der Waals surface area contributed by atoms with Crippen LogP contribution in [0.4, 0.5) is 0 Å². The van der Waals surface area contributed by atoms with Gasteiger partial charge < -0.3 is 0 Å². The number of H-pyrrole nitrogens is 1. The molecule has 1 heterocycles. The number of rotatable bonds is 4. The maximum atomic E-state index is 11.7. The molecule has 1 aromatic heterocycles. The summed E-state index contributed by atoms with van der Waals surface area (Å²) >= 11 is 0. The van der Waals surface area contributed by atoms with Crippen molar-refractivity contribution in [2.45, 2.75) is 39.7 Å². The Labute approximate surface area is 93.3 Å². The predicted molar refractivity (Wildman–Crippen MR) is 60.3 cm³/mol. The maximum absolute atomic E-state index is 11.7. The number of nitrogens with one attached hydrogen (secondary N) is 1. The Kier molecular flexibility index (Phi) is 4.06. The molecule has 0 bridgehead atoms. The van der Waals surface area contributed by atoms with Crippen LogP contribution in [0.25, 0.3) is 0 Å². The highest BCUT2D eigenvalue weighted by Crippen LogP contribution is 1.96. The number of nitriles is 1. The second-order valence-electron chi connectivity index (χ2n) is 3.76. The van der Waals surface area contributed by atoms with Crippen molar-refractivity contribution < 1.29 is 0 Å². The zero-order chi connectivity index (χ0) is 12.1. The van der Waals surface area contributed by atoms with Gasteiger partial charge in [0.25, 0.3) is 11.1 Å². The molecule has 1 rings (SSSR count). The molecule has 0 aliphatic rings. The van der Waals surface area contributed by atoms with Gasteiger partial charge in [-0.3, -0.25) is 19.4 Å². The average Bonchev–Trinajstić information content (AvgIpc) is 2.28. The van der Waals surface area contributed by atoms with Gasteiger partial charge in [0.15, 0.2) is 0 Å². The van der Waals surface area contributed by atoms with Crippen LogP contribution in [0.5, 0.6) is 0 Å². The Morgan fingerprint density at radius 3 is 2.56 bits per heavy atom. The molecule has 1 N–H and O–H groups in total. The van der Waals surface area contributed by atoms with Crippen molar-refractivity contribution >= 4 is 0 Å². The standard InChI is InChI=1S/C11H15N3O2/c1-8-9(2)11(16)14(13-10(8)15)7-5-3-4-6-12/h3-5,7H2,1-2H3,(H,13,15). The molecule has 0 saturated heterocycles. The predicted octanol–water partition coefficient (Wildman–Crippen LogP) is 0.847. The number of hydrogen-bond donors (Lipinski definition) is 1. The third-order valence-electron chi connectivity index (χ3n) is 2.63. The summed E-state index contributed by atoms with van der Waals surface area (Å²) in [4.78, 5) is 23.2. The summed E-state index contributed by atoms with van der Waals surface area (Å²) in [5.74, 6) is 0. The van der Waals surface area contributed by atoms with Gasteiger partial charge in [0, 0.05) is 24.1 Å². The van der Waals surface area contributed by atoms with Crippen LogP contribution >= 0.6 is 0 Å². The van der Waals surface area contributed by atoms with E-state index in [-0.39, 0.29) is 11.1 Å². The number of hydrogen-bond acceptors (Lipinski definition) is 3. The zero-order valence-electron chi connectivity index (χ0n) is 9.54. The molecular formula is C11H15N3O2. The lowest BCUT2D eigenvalue weighted by molar-refractivity contribution is 0.524. The molecule has 5 nitrogen and oxygen atoms in total. The number of aromatic amines is 1. The first-order valence-electron chi connectivity index (χ1n) is 5.25. The van der Waals surface area contributed by atoms with Crippen LogP contribution in [0.2, 0.25) is 0 Å². The fourth-order valence-corrected chi connectivity index (χ4v) is 1.42. The molecule has 5 heteroatoms. The molecule has 0 atom stereocenters. The molecule has 86 valence electrons. The van der Waals surface area contributed by atoms with E-state index in [1.807, 2.05) is 6.07 Å². The van der Waals surface area contributed by atoms with Crippen LogP contribution in [0, 0.1) is 25.2 Å². The maximum Gasteiger partial charge on any atom is 0.268 e. The van der Waals surface area contributed by atoms with Gasteiger partial charge in [-0.05, 0) is 26.7 Å². The van der Waals surface area contributed by atoms with Gasteiger partial charge in [-0.15, -0.1) is 0 Å². The van der Waals surface area contributed by atoms with E-state index in [4.69, 9.17) is 5.26 Å². The Morgan fingerprint density at radius 1 is 1.25 bits per heavy atom. The molecule has 16 heavy (non-hydrogen) atoms. The minimum atomic E-state index is -0.225. The van der Waals surface area contributed by atoms with E-state index in [0.717, 1.165) is 6.42 Å². The van der Waals surface area contributed by atoms with E-state index >= 15 is 0 Å². The lowest BCUT2D eigenvalue weighted by atomic mass is 10.2. The summed E-state index contributed by atoms with van der Waals surface area (Å²) < 4.78 is 1.32. The summed E-state index contributed by atoms with van der Waals surface area (Å²) in [6, 6.07) is 2.04. The summed E-state index contributed by atoms with van der Waals surface area (Å²) in [6.45, 7) is 3.74. The molecule has 0 amide bonds. The molecule has 0 spiro atoms. The van der Waals surface area contributed by atoms with Crippen molar-refractivity contribution in [1.29, 1.82) is 5.26 Å². The third kappa shape index (κ3) is 2.60. The van der Waals surface area contributed by atoms with Crippen molar-refractivity contribution in [3.63, 3.8) is 0 Å². The number of aryl methyl sites for hydroxylation is 1. The van der Waals surface area contributed by atoms with Crippen molar-refractivity contribution in [2.24, 2.45) is 0 Å². The third-order valence-corrected chi connectivity index (χ3v) is 2.63. The topological polar surface area (TPSA) is 78.7 Å². The second kappa shape index (κ2) is 5.31. The van der Waals surface area contributed by atoms with Crippen molar-refractivity contribution in [2.75, 3.05) is 0 Å². The highest BCUT2D eigenvalue weighted by Gasteiger charge is 2.06. The Hall–Kier alpha value is -1.83. The number of aromatic nitrogens is 2. The summed E-state index contributed by atoms with van der Waals surface area (Å²) in [6.07, 6.45) is 1.92. The molecule has 0 radical (unpaired) electrons. The molecule has 1 aromatic rings. The van der Waals surface area contributed by atoms with Crippen LogP contribution in [0.3, 0.4) is 0 Å². The lowest BCUT2D eigenvalue weighted by Crippen LogP contribution is -2.33. The van der Waals surface area contributed by atoms with E-state index in [1.54, 1.807) is 13.8 Å². The van der Waals surface area contributed by atoms with Gasteiger partial charge in [0.05, 0.1) is 6.07 Å². The molecule has 0 fully saturated rings. The lowest BCUT2D eigenvalue weighted by Gasteiger charge is -2.07. The van der Waals surface area contributed by atoms with Gasteiger partial charge in [-0.25, -0.2) is 0 Å². The first-order chi connectivity index (χ1) is 7.57. The molecule has 0 aliphatic heterocycles.